The molecule has 0 amide bonds. The molecule has 0 saturated carbocycles. The Kier molecular flexibility index (Phi) is 2.14. The van der Waals surface area contributed by atoms with Gasteiger partial charge in [-0.3, -0.25) is 4.90 Å². The van der Waals surface area contributed by atoms with E-state index in [2.05, 4.69) is 21.8 Å². The van der Waals surface area contributed by atoms with Crippen LogP contribution in [0.1, 0.15) is 18.2 Å². The van der Waals surface area contributed by atoms with Gasteiger partial charge in [-0.25, -0.2) is 9.97 Å². The fourth-order valence-corrected chi connectivity index (χ4v) is 1.64. The molecule has 0 aliphatic carbocycles. The molecule has 2 rings (SSSR count). The Hall–Kier alpha value is -1.16. The van der Waals surface area contributed by atoms with Crippen molar-refractivity contribution in [1.29, 1.82) is 0 Å². The second-order valence-electron chi connectivity index (χ2n) is 3.32. The number of nitrogen functional groups attached to an aromatic ring is 1. The number of anilines is 1. The standard InChI is InChI=1S/C9H14N4/c1-2-13-4-3-7-5-11-9(10)12-8(7)6-13/h5H,2-4,6H2,1H3,(H2,10,11,12). The van der Waals surface area contributed by atoms with Crippen LogP contribution >= 0.6 is 0 Å². The van der Waals surface area contributed by atoms with Gasteiger partial charge in [0.25, 0.3) is 0 Å². The van der Waals surface area contributed by atoms with Crippen LogP contribution < -0.4 is 5.73 Å². The van der Waals surface area contributed by atoms with Gasteiger partial charge in [-0.05, 0) is 18.5 Å². The van der Waals surface area contributed by atoms with Crippen molar-refractivity contribution < 1.29 is 0 Å². The maximum Gasteiger partial charge on any atom is 0.220 e. The van der Waals surface area contributed by atoms with Crippen LogP contribution in [0.15, 0.2) is 6.20 Å². The summed E-state index contributed by atoms with van der Waals surface area (Å²) in [4.78, 5) is 10.6. The Morgan fingerprint density at radius 2 is 2.46 bits per heavy atom. The fourth-order valence-electron chi connectivity index (χ4n) is 1.64. The fraction of sp³-hybridized carbons (Fsp3) is 0.556. The smallest absolute Gasteiger partial charge is 0.220 e. The first-order valence-electron chi connectivity index (χ1n) is 4.62. The molecule has 2 N–H and O–H groups in total. The summed E-state index contributed by atoms with van der Waals surface area (Å²) in [5, 5.41) is 0. The molecule has 1 aliphatic heterocycles. The highest BCUT2D eigenvalue weighted by Crippen LogP contribution is 2.15. The molecule has 0 spiro atoms. The lowest BCUT2D eigenvalue weighted by Gasteiger charge is -2.26. The third kappa shape index (κ3) is 1.62. The van der Waals surface area contributed by atoms with Crippen molar-refractivity contribution >= 4 is 5.95 Å². The predicted molar refractivity (Wildman–Crippen MR) is 51.1 cm³/mol. The van der Waals surface area contributed by atoms with Gasteiger partial charge in [0.2, 0.25) is 5.95 Å². The molecule has 0 saturated heterocycles. The second kappa shape index (κ2) is 3.30. The summed E-state index contributed by atoms with van der Waals surface area (Å²) < 4.78 is 0. The number of aromatic nitrogens is 2. The lowest BCUT2D eigenvalue weighted by Crippen LogP contribution is -2.31. The van der Waals surface area contributed by atoms with Crippen molar-refractivity contribution in [3.05, 3.63) is 17.5 Å². The third-order valence-electron chi connectivity index (χ3n) is 2.49. The number of rotatable bonds is 1. The first kappa shape index (κ1) is 8.44. The molecule has 1 aromatic heterocycles. The number of hydrogen-bond donors (Lipinski definition) is 1. The van der Waals surface area contributed by atoms with Gasteiger partial charge in [0.15, 0.2) is 0 Å². The van der Waals surface area contributed by atoms with Gasteiger partial charge in [-0.15, -0.1) is 0 Å². The first-order chi connectivity index (χ1) is 6.29. The van der Waals surface area contributed by atoms with Crippen LogP contribution in [0.25, 0.3) is 0 Å². The van der Waals surface area contributed by atoms with E-state index in [-0.39, 0.29) is 0 Å². The molecule has 0 bridgehead atoms. The Balaban J connectivity index is 2.27. The molecule has 13 heavy (non-hydrogen) atoms. The minimum atomic E-state index is 0.386. The molecule has 0 unspecified atom stereocenters. The maximum absolute atomic E-state index is 5.53. The minimum absolute atomic E-state index is 0.386. The molecule has 0 radical (unpaired) electrons. The van der Waals surface area contributed by atoms with Crippen molar-refractivity contribution in [3.8, 4) is 0 Å². The van der Waals surface area contributed by atoms with Crippen molar-refractivity contribution in [2.75, 3.05) is 18.8 Å². The molecule has 70 valence electrons. The topological polar surface area (TPSA) is 55.0 Å². The second-order valence-corrected chi connectivity index (χ2v) is 3.32. The van der Waals surface area contributed by atoms with Crippen molar-refractivity contribution in [2.45, 2.75) is 19.9 Å². The largest absolute Gasteiger partial charge is 0.368 e. The number of fused-ring (bicyclic) bond motifs is 1. The molecule has 1 aromatic rings. The Morgan fingerprint density at radius 3 is 3.23 bits per heavy atom. The zero-order valence-corrected chi connectivity index (χ0v) is 7.82. The van der Waals surface area contributed by atoms with E-state index in [1.54, 1.807) is 0 Å². The summed E-state index contributed by atoms with van der Waals surface area (Å²) in [6.07, 6.45) is 2.90. The molecular formula is C9H14N4. The Bertz CT molecular complexity index is 310. The van der Waals surface area contributed by atoms with E-state index >= 15 is 0 Å². The minimum Gasteiger partial charge on any atom is -0.368 e. The van der Waals surface area contributed by atoms with Crippen LogP contribution in [0, 0.1) is 0 Å². The van der Waals surface area contributed by atoms with Crippen LogP contribution in [-0.2, 0) is 13.0 Å². The van der Waals surface area contributed by atoms with Crippen LogP contribution in [0.2, 0.25) is 0 Å². The van der Waals surface area contributed by atoms with E-state index in [0.717, 1.165) is 31.7 Å². The average molecular weight is 178 g/mol. The number of likely N-dealkylation sites (N-methyl/N-ethyl adjacent to an activating group) is 1. The number of nitrogens with two attached hydrogens (primary N) is 1. The lowest BCUT2D eigenvalue weighted by atomic mass is 10.1. The summed E-state index contributed by atoms with van der Waals surface area (Å²) in [5.41, 5.74) is 7.87. The van der Waals surface area contributed by atoms with Crippen LogP contribution in [0.4, 0.5) is 5.95 Å². The monoisotopic (exact) mass is 178 g/mol. The van der Waals surface area contributed by atoms with Gasteiger partial charge < -0.3 is 5.73 Å². The van der Waals surface area contributed by atoms with Gasteiger partial charge in [0, 0.05) is 19.3 Å². The summed E-state index contributed by atoms with van der Waals surface area (Å²) in [6.45, 7) is 5.26. The highest BCUT2D eigenvalue weighted by molar-refractivity contribution is 5.26. The first-order valence-corrected chi connectivity index (χ1v) is 4.62. The molecular weight excluding hydrogens is 164 g/mol. The number of hydrogen-bond acceptors (Lipinski definition) is 4. The predicted octanol–water partition coefficient (Wildman–Crippen LogP) is 0.437. The molecule has 4 nitrogen and oxygen atoms in total. The van der Waals surface area contributed by atoms with Crippen molar-refractivity contribution in [2.24, 2.45) is 0 Å². The van der Waals surface area contributed by atoms with Crippen molar-refractivity contribution in [1.82, 2.24) is 14.9 Å². The highest BCUT2D eigenvalue weighted by atomic mass is 15.1. The lowest BCUT2D eigenvalue weighted by molar-refractivity contribution is 0.263. The van der Waals surface area contributed by atoms with Crippen LogP contribution in [0.5, 0.6) is 0 Å². The SMILES string of the molecule is CCN1CCc2cnc(N)nc2C1. The van der Waals surface area contributed by atoms with E-state index in [4.69, 9.17) is 5.73 Å². The van der Waals surface area contributed by atoms with E-state index in [9.17, 15) is 0 Å². The normalized spacial score (nSPS) is 17.0. The summed E-state index contributed by atoms with van der Waals surface area (Å²) in [6, 6.07) is 0. The van der Waals surface area contributed by atoms with E-state index in [1.807, 2.05) is 6.20 Å². The van der Waals surface area contributed by atoms with Crippen LogP contribution in [-0.4, -0.2) is 28.0 Å². The molecule has 1 aliphatic rings. The van der Waals surface area contributed by atoms with E-state index < -0.39 is 0 Å². The molecule has 2 heterocycles. The zero-order chi connectivity index (χ0) is 9.26. The summed E-state index contributed by atoms with van der Waals surface area (Å²) in [7, 11) is 0. The van der Waals surface area contributed by atoms with Gasteiger partial charge in [0.1, 0.15) is 0 Å². The molecule has 0 aromatic carbocycles. The van der Waals surface area contributed by atoms with Gasteiger partial charge >= 0.3 is 0 Å². The quantitative estimate of drug-likeness (QED) is 0.678. The van der Waals surface area contributed by atoms with Crippen LogP contribution in [0.3, 0.4) is 0 Å². The summed E-state index contributed by atoms with van der Waals surface area (Å²) >= 11 is 0. The molecule has 0 atom stereocenters. The summed E-state index contributed by atoms with van der Waals surface area (Å²) in [5.74, 6) is 0.386. The maximum atomic E-state index is 5.53. The molecule has 0 fully saturated rings. The average Bonchev–Trinajstić information content (AvgIpc) is 2.16. The van der Waals surface area contributed by atoms with E-state index in [0.29, 0.717) is 5.95 Å². The van der Waals surface area contributed by atoms with Gasteiger partial charge in [0.05, 0.1) is 5.69 Å². The van der Waals surface area contributed by atoms with E-state index in [1.165, 1.54) is 5.56 Å². The Labute approximate surface area is 77.8 Å². The number of nitrogens with zero attached hydrogens (tertiary/aromatic N) is 3. The van der Waals surface area contributed by atoms with Gasteiger partial charge in [-0.2, -0.15) is 0 Å². The van der Waals surface area contributed by atoms with Gasteiger partial charge in [-0.1, -0.05) is 6.92 Å². The zero-order valence-electron chi connectivity index (χ0n) is 7.82. The third-order valence-corrected chi connectivity index (χ3v) is 2.49. The van der Waals surface area contributed by atoms with Crippen molar-refractivity contribution in [3.63, 3.8) is 0 Å². The highest BCUT2D eigenvalue weighted by Gasteiger charge is 2.16. The molecule has 4 heteroatoms. The Morgan fingerprint density at radius 1 is 1.62 bits per heavy atom.